The molecule has 0 radical (unpaired) electrons. The van der Waals surface area contributed by atoms with Gasteiger partial charge in [0, 0.05) is 31.0 Å². The van der Waals surface area contributed by atoms with Crippen LogP contribution in [0, 0.1) is 5.41 Å². The zero-order valence-corrected chi connectivity index (χ0v) is 14.3. The molecule has 0 spiro atoms. The number of methoxy groups -OCH3 is 1. The molecule has 0 aromatic heterocycles. The Morgan fingerprint density at radius 3 is 2.42 bits per heavy atom. The fraction of sp³-hybridized carbons (Fsp3) is 0.500. The number of hydrogen-bond acceptors (Lipinski definition) is 6. The monoisotopic (exact) mass is 336 g/mol. The molecule has 8 heteroatoms. The summed E-state index contributed by atoms with van der Waals surface area (Å²) in [5.74, 6) is -1.41. The number of hydrogen-bond donors (Lipinski definition) is 1. The molecule has 1 saturated heterocycles. The molecule has 1 heterocycles. The van der Waals surface area contributed by atoms with E-state index >= 15 is 0 Å². The van der Waals surface area contributed by atoms with Gasteiger partial charge in [-0.1, -0.05) is 19.9 Å². The van der Waals surface area contributed by atoms with Crippen molar-refractivity contribution in [2.45, 2.75) is 27.4 Å². The molecular weight excluding hydrogens is 315 g/mol. The minimum Gasteiger partial charge on any atom is -0.496 e. The third-order valence-corrected chi connectivity index (χ3v) is 3.64. The van der Waals surface area contributed by atoms with Gasteiger partial charge in [-0.2, -0.15) is 0 Å². The Labute approximate surface area is 141 Å². The Morgan fingerprint density at radius 2 is 1.92 bits per heavy atom. The van der Waals surface area contributed by atoms with E-state index in [9.17, 15) is 14.7 Å². The van der Waals surface area contributed by atoms with Crippen molar-refractivity contribution in [1.82, 2.24) is 0 Å². The largest absolute Gasteiger partial charge is 0.498 e. The minimum absolute atomic E-state index is 0.00360. The van der Waals surface area contributed by atoms with Crippen LogP contribution >= 0.6 is 0 Å². The predicted molar refractivity (Wildman–Crippen MR) is 86.5 cm³/mol. The van der Waals surface area contributed by atoms with Crippen LogP contribution in [0.3, 0.4) is 0 Å². The summed E-state index contributed by atoms with van der Waals surface area (Å²) in [5.41, 5.74) is 0.881. The molecule has 1 N–H and O–H groups in total. The van der Waals surface area contributed by atoms with E-state index in [-0.39, 0.29) is 23.3 Å². The number of esters is 1. The zero-order chi connectivity index (χ0) is 17.9. The molecule has 0 amide bonds. The first-order chi connectivity index (χ1) is 11.2. The van der Waals surface area contributed by atoms with Crippen molar-refractivity contribution < 1.29 is 33.5 Å². The van der Waals surface area contributed by atoms with Gasteiger partial charge in [0.2, 0.25) is 0 Å². The summed E-state index contributed by atoms with van der Waals surface area (Å²) < 4.78 is 21.9. The number of aromatic carboxylic acids is 1. The van der Waals surface area contributed by atoms with Gasteiger partial charge in [-0.25, -0.2) is 4.79 Å². The highest BCUT2D eigenvalue weighted by Crippen LogP contribution is 2.26. The summed E-state index contributed by atoms with van der Waals surface area (Å²) in [6.45, 7) is 6.20. The number of carbonyl (C=O) groups is 2. The topological polar surface area (TPSA) is 91.3 Å². The summed E-state index contributed by atoms with van der Waals surface area (Å²) >= 11 is 0. The van der Waals surface area contributed by atoms with Crippen LogP contribution in [0.5, 0.6) is 5.75 Å². The van der Waals surface area contributed by atoms with Gasteiger partial charge in [0.1, 0.15) is 17.9 Å². The zero-order valence-electron chi connectivity index (χ0n) is 14.3. The lowest BCUT2D eigenvalue weighted by atomic mass is 9.72. The Hall–Kier alpha value is -2.06. The van der Waals surface area contributed by atoms with Gasteiger partial charge < -0.3 is 23.9 Å². The number of rotatable bonds is 5. The Morgan fingerprint density at radius 1 is 1.29 bits per heavy atom. The highest BCUT2D eigenvalue weighted by atomic mass is 16.6. The van der Waals surface area contributed by atoms with Crippen LogP contribution in [0.4, 0.5) is 0 Å². The van der Waals surface area contributed by atoms with Crippen LogP contribution in [-0.2, 0) is 25.4 Å². The fourth-order valence-corrected chi connectivity index (χ4v) is 2.45. The average Bonchev–Trinajstić information content (AvgIpc) is 2.51. The maximum Gasteiger partial charge on any atom is 0.498 e. The van der Waals surface area contributed by atoms with E-state index in [0.717, 1.165) is 0 Å². The lowest BCUT2D eigenvalue weighted by Gasteiger charge is -2.34. The van der Waals surface area contributed by atoms with E-state index in [1.54, 1.807) is 6.07 Å². The van der Waals surface area contributed by atoms with Gasteiger partial charge in [0.25, 0.3) is 0 Å². The standard InChI is InChI=1S/C16H21BO7/c1-10(18)22-7-11-5-6-12(15(19)20)14(21-4)13(11)17-23-8-16(2,3)9-24-17/h5-6H,7-9H2,1-4H3,(H,19,20). The highest BCUT2D eigenvalue weighted by Gasteiger charge is 2.38. The first-order valence-corrected chi connectivity index (χ1v) is 7.55. The molecule has 7 nitrogen and oxygen atoms in total. The fourth-order valence-electron chi connectivity index (χ4n) is 2.45. The lowest BCUT2D eigenvalue weighted by Crippen LogP contribution is -2.49. The Bertz CT molecular complexity index is 632. The molecule has 1 aliphatic heterocycles. The first kappa shape index (κ1) is 18.3. The van der Waals surface area contributed by atoms with E-state index in [1.165, 1.54) is 20.1 Å². The van der Waals surface area contributed by atoms with E-state index in [0.29, 0.717) is 24.2 Å². The maximum atomic E-state index is 11.4. The molecule has 2 rings (SSSR count). The third-order valence-electron chi connectivity index (χ3n) is 3.64. The van der Waals surface area contributed by atoms with Crippen molar-refractivity contribution >= 4 is 24.5 Å². The second kappa shape index (κ2) is 7.23. The Balaban J connectivity index is 2.45. The van der Waals surface area contributed by atoms with Crippen molar-refractivity contribution in [2.75, 3.05) is 20.3 Å². The van der Waals surface area contributed by atoms with Crippen molar-refractivity contribution in [2.24, 2.45) is 5.41 Å². The van der Waals surface area contributed by atoms with Gasteiger partial charge in [0.15, 0.2) is 0 Å². The maximum absolute atomic E-state index is 11.4. The summed E-state index contributed by atoms with van der Waals surface area (Å²) in [4.78, 5) is 22.6. The van der Waals surface area contributed by atoms with Crippen LogP contribution in [0.25, 0.3) is 0 Å². The highest BCUT2D eigenvalue weighted by molar-refractivity contribution is 6.63. The van der Waals surface area contributed by atoms with E-state index in [2.05, 4.69) is 0 Å². The number of ether oxygens (including phenoxy) is 2. The summed E-state index contributed by atoms with van der Waals surface area (Å²) in [7, 11) is 0.603. The first-order valence-electron chi connectivity index (χ1n) is 7.55. The molecule has 0 unspecified atom stereocenters. The number of carboxylic acids is 1. The molecule has 0 saturated carbocycles. The Kier molecular flexibility index (Phi) is 5.51. The minimum atomic E-state index is -1.12. The molecule has 130 valence electrons. The quantitative estimate of drug-likeness (QED) is 0.639. The molecule has 0 atom stereocenters. The number of benzene rings is 1. The number of carboxylic acid groups (broad SMARTS) is 1. The second-order valence-corrected chi connectivity index (χ2v) is 6.42. The van der Waals surface area contributed by atoms with Crippen molar-refractivity contribution in [3.8, 4) is 5.75 Å². The molecule has 1 fully saturated rings. The van der Waals surface area contributed by atoms with E-state index in [1.807, 2.05) is 13.8 Å². The number of carbonyl (C=O) groups excluding carboxylic acids is 1. The van der Waals surface area contributed by atoms with Crippen molar-refractivity contribution in [3.05, 3.63) is 23.3 Å². The molecule has 0 aliphatic carbocycles. The van der Waals surface area contributed by atoms with Crippen LogP contribution in [0.15, 0.2) is 12.1 Å². The third kappa shape index (κ3) is 4.07. The van der Waals surface area contributed by atoms with Crippen molar-refractivity contribution in [1.29, 1.82) is 0 Å². The average molecular weight is 336 g/mol. The molecular formula is C16H21BO7. The second-order valence-electron chi connectivity index (χ2n) is 6.42. The van der Waals surface area contributed by atoms with Gasteiger partial charge in [-0.05, 0) is 11.6 Å². The van der Waals surface area contributed by atoms with Crippen LogP contribution in [0.2, 0.25) is 0 Å². The van der Waals surface area contributed by atoms with Crippen LogP contribution in [-0.4, -0.2) is 44.5 Å². The SMILES string of the molecule is COc1c(C(=O)O)ccc(COC(C)=O)c1B1OCC(C)(C)CO1. The smallest absolute Gasteiger partial charge is 0.496 e. The summed E-state index contributed by atoms with van der Waals surface area (Å²) in [5, 5.41) is 9.36. The van der Waals surface area contributed by atoms with E-state index in [4.69, 9.17) is 18.8 Å². The van der Waals surface area contributed by atoms with Gasteiger partial charge in [0.05, 0.1) is 7.11 Å². The van der Waals surface area contributed by atoms with Crippen LogP contribution in [0.1, 0.15) is 36.7 Å². The van der Waals surface area contributed by atoms with Gasteiger partial charge >= 0.3 is 19.1 Å². The lowest BCUT2D eigenvalue weighted by molar-refractivity contribution is -0.142. The van der Waals surface area contributed by atoms with Gasteiger partial charge in [-0.3, -0.25) is 4.79 Å². The molecule has 1 aromatic carbocycles. The van der Waals surface area contributed by atoms with Crippen molar-refractivity contribution in [3.63, 3.8) is 0 Å². The molecule has 0 bridgehead atoms. The van der Waals surface area contributed by atoms with E-state index < -0.39 is 19.1 Å². The normalized spacial score (nSPS) is 16.6. The van der Waals surface area contributed by atoms with Crippen LogP contribution < -0.4 is 10.2 Å². The van der Waals surface area contributed by atoms with Gasteiger partial charge in [-0.15, -0.1) is 0 Å². The summed E-state index contributed by atoms with van der Waals surface area (Å²) in [6.07, 6.45) is 0. The molecule has 1 aliphatic rings. The predicted octanol–water partition coefficient (Wildman–Crippen LogP) is 1.22. The molecule has 24 heavy (non-hydrogen) atoms. The molecule has 1 aromatic rings. The summed E-state index contributed by atoms with van der Waals surface area (Å²) in [6, 6.07) is 2.99.